The molecule has 160 valence electrons. The van der Waals surface area contributed by atoms with Crippen molar-refractivity contribution in [2.24, 2.45) is 11.8 Å². The maximum absolute atomic E-state index is 9.10. The Morgan fingerprint density at radius 1 is 0.741 bits per heavy atom. The number of allylic oxidation sites excluding steroid dienone is 4. The van der Waals surface area contributed by atoms with Crippen molar-refractivity contribution in [2.75, 3.05) is 19.8 Å². The van der Waals surface area contributed by atoms with Gasteiger partial charge in [-0.1, -0.05) is 37.1 Å². The minimum absolute atomic E-state index is 0.174. The zero-order valence-electron chi connectivity index (χ0n) is 18.9. The van der Waals surface area contributed by atoms with Crippen LogP contribution in [-0.4, -0.2) is 31.2 Å². The van der Waals surface area contributed by atoms with Crippen LogP contribution in [0.1, 0.15) is 92.9 Å². The average Bonchev–Trinajstić information content (AvgIpc) is 2.58. The fraction of sp³-hybridized carbons (Fsp3) is 0.833. The molecule has 0 rings (SSSR count). The highest BCUT2D eigenvalue weighted by Crippen LogP contribution is 2.16. The van der Waals surface area contributed by atoms with Gasteiger partial charge in [-0.3, -0.25) is 0 Å². The maximum Gasteiger partial charge on any atom is 0.157 e. The van der Waals surface area contributed by atoms with Gasteiger partial charge in [-0.2, -0.15) is 0 Å². The first-order chi connectivity index (χ1) is 12.8. The number of rotatable bonds is 17. The third kappa shape index (κ3) is 18.5. The van der Waals surface area contributed by atoms with E-state index in [1.165, 1.54) is 24.0 Å². The van der Waals surface area contributed by atoms with Crippen molar-refractivity contribution in [3.8, 4) is 0 Å². The number of aliphatic hydroxyl groups excluding tert-OH is 1. The van der Waals surface area contributed by atoms with Crippen LogP contribution in [0.5, 0.6) is 0 Å². The van der Waals surface area contributed by atoms with Crippen LogP contribution in [0.3, 0.4) is 0 Å². The Balaban J connectivity index is 4.02. The summed E-state index contributed by atoms with van der Waals surface area (Å²) in [5.41, 5.74) is 2.79. The third-order valence-electron chi connectivity index (χ3n) is 4.85. The number of hydrogen-bond acceptors (Lipinski definition) is 3. The first-order valence-electron chi connectivity index (χ1n) is 11.0. The van der Waals surface area contributed by atoms with E-state index in [-0.39, 0.29) is 12.9 Å². The van der Waals surface area contributed by atoms with Crippen molar-refractivity contribution in [3.63, 3.8) is 0 Å². The molecule has 0 saturated carbocycles. The fourth-order valence-electron chi connectivity index (χ4n) is 2.88. The van der Waals surface area contributed by atoms with Crippen molar-refractivity contribution >= 4 is 0 Å². The van der Waals surface area contributed by atoms with Crippen LogP contribution in [0.2, 0.25) is 0 Å². The lowest BCUT2D eigenvalue weighted by atomic mass is 10.0. The molecule has 0 aliphatic heterocycles. The molecule has 2 atom stereocenters. The summed E-state index contributed by atoms with van der Waals surface area (Å²) in [5, 5.41) is 9.10. The molecule has 0 radical (unpaired) electrons. The van der Waals surface area contributed by atoms with Gasteiger partial charge >= 0.3 is 0 Å². The summed E-state index contributed by atoms with van der Waals surface area (Å²) in [7, 11) is 0. The van der Waals surface area contributed by atoms with Gasteiger partial charge in [0.05, 0.1) is 0 Å². The summed E-state index contributed by atoms with van der Waals surface area (Å²) >= 11 is 0. The molecule has 0 aliphatic rings. The molecule has 0 amide bonds. The van der Waals surface area contributed by atoms with Gasteiger partial charge in [0.15, 0.2) is 6.29 Å². The molecule has 2 unspecified atom stereocenters. The Bertz CT molecular complexity index is 358. The molecule has 0 aliphatic carbocycles. The normalized spacial score (nSPS) is 14.5. The molecule has 0 bridgehead atoms. The Morgan fingerprint density at radius 2 is 1.19 bits per heavy atom. The molecule has 27 heavy (non-hydrogen) atoms. The highest BCUT2D eigenvalue weighted by molar-refractivity contribution is 4.93. The van der Waals surface area contributed by atoms with E-state index < -0.39 is 0 Å². The predicted molar refractivity (Wildman–Crippen MR) is 117 cm³/mol. The van der Waals surface area contributed by atoms with Crippen LogP contribution in [0.15, 0.2) is 23.3 Å². The van der Waals surface area contributed by atoms with Crippen molar-refractivity contribution < 1.29 is 14.6 Å². The van der Waals surface area contributed by atoms with Crippen LogP contribution in [-0.2, 0) is 9.47 Å². The van der Waals surface area contributed by atoms with E-state index in [1.807, 2.05) is 0 Å². The minimum atomic E-state index is -0.174. The van der Waals surface area contributed by atoms with Crippen LogP contribution in [0, 0.1) is 11.8 Å². The van der Waals surface area contributed by atoms with E-state index in [0.29, 0.717) is 11.8 Å². The smallest absolute Gasteiger partial charge is 0.157 e. The van der Waals surface area contributed by atoms with Gasteiger partial charge in [-0.25, -0.2) is 0 Å². The lowest BCUT2D eigenvalue weighted by Crippen LogP contribution is -2.20. The first-order valence-corrected chi connectivity index (χ1v) is 11.0. The molecule has 3 nitrogen and oxygen atoms in total. The number of aliphatic hydroxyl groups is 1. The first kappa shape index (κ1) is 26.4. The zero-order valence-corrected chi connectivity index (χ0v) is 18.9. The summed E-state index contributed by atoms with van der Waals surface area (Å²) in [6.45, 7) is 14.9. The van der Waals surface area contributed by atoms with Crippen LogP contribution in [0.4, 0.5) is 0 Å². The SMILES string of the molecule is CC(C)=CCCC(C)CCOC(CCCO)OCCC(C)CCC=C(C)C. The van der Waals surface area contributed by atoms with Gasteiger partial charge in [0, 0.05) is 26.2 Å². The molecular formula is C24H46O3. The molecular weight excluding hydrogens is 336 g/mol. The lowest BCUT2D eigenvalue weighted by molar-refractivity contribution is -0.151. The fourth-order valence-corrected chi connectivity index (χ4v) is 2.88. The standard InChI is InChI=1S/C24H46O3/c1-20(2)10-7-12-22(5)15-18-26-24(14-9-17-25)27-19-16-23(6)13-8-11-21(3)4/h10-11,22-25H,7-9,12-19H2,1-6H3. The second kappa shape index (κ2) is 17.5. The second-order valence-corrected chi connectivity index (χ2v) is 8.54. The van der Waals surface area contributed by atoms with E-state index in [4.69, 9.17) is 14.6 Å². The van der Waals surface area contributed by atoms with Gasteiger partial charge in [-0.05, 0) is 84.5 Å². The van der Waals surface area contributed by atoms with Gasteiger partial charge in [0.25, 0.3) is 0 Å². The average molecular weight is 383 g/mol. The van der Waals surface area contributed by atoms with E-state index in [1.54, 1.807) is 0 Å². The van der Waals surface area contributed by atoms with Crippen LogP contribution < -0.4 is 0 Å². The number of ether oxygens (including phenoxy) is 2. The molecule has 0 aromatic heterocycles. The van der Waals surface area contributed by atoms with Crippen LogP contribution in [0.25, 0.3) is 0 Å². The highest BCUT2D eigenvalue weighted by atomic mass is 16.7. The maximum atomic E-state index is 9.10. The molecule has 0 heterocycles. The topological polar surface area (TPSA) is 38.7 Å². The molecule has 3 heteroatoms. The molecule has 0 saturated heterocycles. The lowest BCUT2D eigenvalue weighted by Gasteiger charge is -2.20. The molecule has 1 N–H and O–H groups in total. The largest absolute Gasteiger partial charge is 0.396 e. The summed E-state index contributed by atoms with van der Waals surface area (Å²) in [6, 6.07) is 0. The Labute approximate surface area is 169 Å². The zero-order chi connectivity index (χ0) is 20.5. The quantitative estimate of drug-likeness (QED) is 0.226. The van der Waals surface area contributed by atoms with E-state index >= 15 is 0 Å². The van der Waals surface area contributed by atoms with Crippen molar-refractivity contribution in [1.29, 1.82) is 0 Å². The van der Waals surface area contributed by atoms with Crippen molar-refractivity contribution in [3.05, 3.63) is 23.3 Å². The third-order valence-corrected chi connectivity index (χ3v) is 4.85. The van der Waals surface area contributed by atoms with Gasteiger partial charge < -0.3 is 14.6 Å². The summed E-state index contributed by atoms with van der Waals surface area (Å²) in [6.07, 6.45) is 12.8. The van der Waals surface area contributed by atoms with Gasteiger partial charge in [-0.15, -0.1) is 0 Å². The van der Waals surface area contributed by atoms with E-state index in [9.17, 15) is 0 Å². The molecule has 0 aromatic carbocycles. The van der Waals surface area contributed by atoms with Gasteiger partial charge in [0.2, 0.25) is 0 Å². The van der Waals surface area contributed by atoms with Gasteiger partial charge in [0.1, 0.15) is 0 Å². The second-order valence-electron chi connectivity index (χ2n) is 8.54. The Hall–Kier alpha value is -0.640. The summed E-state index contributed by atoms with van der Waals surface area (Å²) in [5.74, 6) is 1.32. The monoisotopic (exact) mass is 382 g/mol. The Morgan fingerprint density at radius 3 is 1.56 bits per heavy atom. The Kier molecular flexibility index (Phi) is 17.0. The van der Waals surface area contributed by atoms with Crippen molar-refractivity contribution in [2.45, 2.75) is 99.2 Å². The minimum Gasteiger partial charge on any atom is -0.396 e. The van der Waals surface area contributed by atoms with Crippen molar-refractivity contribution in [1.82, 2.24) is 0 Å². The molecule has 0 aromatic rings. The predicted octanol–water partition coefficient (Wildman–Crippen LogP) is 6.66. The summed E-state index contributed by atoms with van der Waals surface area (Å²) in [4.78, 5) is 0. The molecule has 0 fully saturated rings. The highest BCUT2D eigenvalue weighted by Gasteiger charge is 2.11. The molecule has 0 spiro atoms. The summed E-state index contributed by atoms with van der Waals surface area (Å²) < 4.78 is 12.0. The number of hydrogen-bond donors (Lipinski definition) is 1. The van der Waals surface area contributed by atoms with E-state index in [0.717, 1.165) is 51.7 Å². The van der Waals surface area contributed by atoms with Crippen LogP contribution >= 0.6 is 0 Å². The van der Waals surface area contributed by atoms with E-state index in [2.05, 4.69) is 53.7 Å².